The van der Waals surface area contributed by atoms with Crippen LogP contribution in [0, 0.1) is 6.92 Å². The molecule has 0 fully saturated rings. The molecule has 1 aromatic heterocycles. The lowest BCUT2D eigenvalue weighted by Crippen LogP contribution is -2.14. The van der Waals surface area contributed by atoms with Gasteiger partial charge in [-0.15, -0.1) is 0 Å². The standard InChI is InChI=1S/C14H15N3O/c1-10-7-8-11(9-16-10)17-14(18)12-5-3-4-6-13(12)15-2/h3-9,15H,1-2H3,(H,17,18). The molecule has 0 bridgehead atoms. The van der Waals surface area contributed by atoms with Crippen molar-refractivity contribution in [3.63, 3.8) is 0 Å². The van der Waals surface area contributed by atoms with Crippen LogP contribution in [0.4, 0.5) is 11.4 Å². The number of benzene rings is 1. The monoisotopic (exact) mass is 241 g/mol. The summed E-state index contributed by atoms with van der Waals surface area (Å²) < 4.78 is 0. The van der Waals surface area contributed by atoms with Gasteiger partial charge in [-0.3, -0.25) is 9.78 Å². The number of nitrogens with one attached hydrogen (secondary N) is 2. The number of amides is 1. The maximum Gasteiger partial charge on any atom is 0.257 e. The predicted molar refractivity (Wildman–Crippen MR) is 72.9 cm³/mol. The van der Waals surface area contributed by atoms with Crippen LogP contribution in [0.5, 0.6) is 0 Å². The average Bonchev–Trinajstić information content (AvgIpc) is 2.41. The Bertz CT molecular complexity index is 549. The third kappa shape index (κ3) is 2.66. The molecule has 0 unspecified atom stereocenters. The molecular formula is C14H15N3O. The molecule has 2 aromatic rings. The van der Waals surface area contributed by atoms with Crippen molar-refractivity contribution in [1.29, 1.82) is 0 Å². The van der Waals surface area contributed by atoms with E-state index >= 15 is 0 Å². The molecule has 0 aliphatic heterocycles. The first-order chi connectivity index (χ1) is 8.70. The molecule has 1 heterocycles. The molecule has 18 heavy (non-hydrogen) atoms. The summed E-state index contributed by atoms with van der Waals surface area (Å²) in [6, 6.07) is 11.1. The second kappa shape index (κ2) is 5.31. The van der Waals surface area contributed by atoms with Crippen LogP contribution in [0.15, 0.2) is 42.6 Å². The number of aryl methyl sites for hydroxylation is 1. The minimum atomic E-state index is -0.148. The normalized spacial score (nSPS) is 9.89. The number of nitrogens with zero attached hydrogens (tertiary/aromatic N) is 1. The molecule has 1 amide bonds. The van der Waals surface area contributed by atoms with Crippen LogP contribution in [-0.2, 0) is 0 Å². The summed E-state index contributed by atoms with van der Waals surface area (Å²) in [5.41, 5.74) is 3.02. The van der Waals surface area contributed by atoms with Crippen molar-refractivity contribution < 1.29 is 4.79 Å². The largest absolute Gasteiger partial charge is 0.387 e. The first-order valence-corrected chi connectivity index (χ1v) is 5.71. The number of carbonyl (C=O) groups is 1. The minimum absolute atomic E-state index is 0.148. The summed E-state index contributed by atoms with van der Waals surface area (Å²) in [5, 5.41) is 5.81. The zero-order valence-electron chi connectivity index (χ0n) is 10.4. The molecule has 0 radical (unpaired) electrons. The molecule has 0 aliphatic carbocycles. The summed E-state index contributed by atoms with van der Waals surface area (Å²) in [7, 11) is 1.79. The maximum atomic E-state index is 12.1. The first kappa shape index (κ1) is 12.1. The van der Waals surface area contributed by atoms with Gasteiger partial charge in [0, 0.05) is 18.4 Å². The van der Waals surface area contributed by atoms with Gasteiger partial charge in [0.15, 0.2) is 0 Å². The van der Waals surface area contributed by atoms with Crippen molar-refractivity contribution in [2.75, 3.05) is 17.7 Å². The van der Waals surface area contributed by atoms with E-state index in [1.165, 1.54) is 0 Å². The van der Waals surface area contributed by atoms with E-state index in [9.17, 15) is 4.79 Å². The average molecular weight is 241 g/mol. The van der Waals surface area contributed by atoms with E-state index in [1.807, 2.05) is 37.3 Å². The minimum Gasteiger partial charge on any atom is -0.387 e. The number of hydrogen-bond acceptors (Lipinski definition) is 3. The molecule has 0 saturated heterocycles. The highest BCUT2D eigenvalue weighted by Gasteiger charge is 2.09. The van der Waals surface area contributed by atoms with Crippen molar-refractivity contribution >= 4 is 17.3 Å². The van der Waals surface area contributed by atoms with E-state index in [4.69, 9.17) is 0 Å². The highest BCUT2D eigenvalue weighted by atomic mass is 16.1. The van der Waals surface area contributed by atoms with Gasteiger partial charge in [-0.1, -0.05) is 12.1 Å². The van der Waals surface area contributed by atoms with E-state index in [2.05, 4.69) is 15.6 Å². The maximum absolute atomic E-state index is 12.1. The number of pyridine rings is 1. The quantitative estimate of drug-likeness (QED) is 0.868. The fourth-order valence-electron chi connectivity index (χ4n) is 1.64. The lowest BCUT2D eigenvalue weighted by molar-refractivity contribution is 0.102. The van der Waals surface area contributed by atoms with Gasteiger partial charge in [-0.05, 0) is 31.2 Å². The Morgan fingerprint density at radius 2 is 1.94 bits per heavy atom. The van der Waals surface area contributed by atoms with Gasteiger partial charge in [-0.25, -0.2) is 0 Å². The summed E-state index contributed by atoms with van der Waals surface area (Å²) in [4.78, 5) is 16.2. The van der Waals surface area contributed by atoms with Crippen LogP contribution in [0.1, 0.15) is 16.1 Å². The highest BCUT2D eigenvalue weighted by Crippen LogP contribution is 2.16. The predicted octanol–water partition coefficient (Wildman–Crippen LogP) is 2.68. The third-order valence-corrected chi connectivity index (χ3v) is 2.61. The van der Waals surface area contributed by atoms with Crippen LogP contribution >= 0.6 is 0 Å². The third-order valence-electron chi connectivity index (χ3n) is 2.61. The van der Waals surface area contributed by atoms with Crippen LogP contribution in [0.25, 0.3) is 0 Å². The Balaban J connectivity index is 2.19. The lowest BCUT2D eigenvalue weighted by atomic mass is 10.1. The van der Waals surface area contributed by atoms with E-state index < -0.39 is 0 Å². The van der Waals surface area contributed by atoms with Crippen molar-refractivity contribution in [3.05, 3.63) is 53.9 Å². The Morgan fingerprint density at radius 1 is 1.17 bits per heavy atom. The topological polar surface area (TPSA) is 54.0 Å². The molecular weight excluding hydrogens is 226 g/mol. The second-order valence-corrected chi connectivity index (χ2v) is 3.94. The molecule has 0 atom stereocenters. The van der Waals surface area contributed by atoms with Crippen LogP contribution in [0.2, 0.25) is 0 Å². The van der Waals surface area contributed by atoms with E-state index in [-0.39, 0.29) is 5.91 Å². The fraction of sp³-hybridized carbons (Fsp3) is 0.143. The Morgan fingerprint density at radius 3 is 2.61 bits per heavy atom. The molecule has 2 rings (SSSR count). The number of aromatic nitrogens is 1. The SMILES string of the molecule is CNc1ccccc1C(=O)Nc1ccc(C)nc1. The molecule has 1 aromatic carbocycles. The van der Waals surface area contributed by atoms with Crippen LogP contribution in [0.3, 0.4) is 0 Å². The van der Waals surface area contributed by atoms with Crippen LogP contribution < -0.4 is 10.6 Å². The number of anilines is 2. The Labute approximate surface area is 106 Å². The van der Waals surface area contributed by atoms with Gasteiger partial charge in [0.2, 0.25) is 0 Å². The van der Waals surface area contributed by atoms with Crippen molar-refractivity contribution in [2.45, 2.75) is 6.92 Å². The Kier molecular flexibility index (Phi) is 3.57. The van der Waals surface area contributed by atoms with Gasteiger partial charge in [-0.2, -0.15) is 0 Å². The van der Waals surface area contributed by atoms with Crippen molar-refractivity contribution in [3.8, 4) is 0 Å². The van der Waals surface area contributed by atoms with Gasteiger partial charge >= 0.3 is 0 Å². The Hall–Kier alpha value is -2.36. The molecule has 0 saturated carbocycles. The number of hydrogen-bond donors (Lipinski definition) is 2. The smallest absolute Gasteiger partial charge is 0.257 e. The summed E-state index contributed by atoms with van der Waals surface area (Å²) in [5.74, 6) is -0.148. The second-order valence-electron chi connectivity index (χ2n) is 3.94. The summed E-state index contributed by atoms with van der Waals surface area (Å²) >= 11 is 0. The van der Waals surface area contributed by atoms with E-state index in [1.54, 1.807) is 19.3 Å². The van der Waals surface area contributed by atoms with Crippen molar-refractivity contribution in [2.24, 2.45) is 0 Å². The number of rotatable bonds is 3. The van der Waals surface area contributed by atoms with E-state index in [0.29, 0.717) is 11.3 Å². The molecule has 4 nitrogen and oxygen atoms in total. The van der Waals surface area contributed by atoms with Crippen LogP contribution in [-0.4, -0.2) is 17.9 Å². The van der Waals surface area contributed by atoms with Gasteiger partial charge < -0.3 is 10.6 Å². The summed E-state index contributed by atoms with van der Waals surface area (Å²) in [6.07, 6.45) is 1.65. The summed E-state index contributed by atoms with van der Waals surface area (Å²) in [6.45, 7) is 1.90. The zero-order valence-corrected chi connectivity index (χ0v) is 10.4. The van der Waals surface area contributed by atoms with E-state index in [0.717, 1.165) is 11.4 Å². The highest BCUT2D eigenvalue weighted by molar-refractivity contribution is 6.07. The molecule has 4 heteroatoms. The fourth-order valence-corrected chi connectivity index (χ4v) is 1.64. The molecule has 2 N–H and O–H groups in total. The van der Waals surface area contributed by atoms with Crippen molar-refractivity contribution in [1.82, 2.24) is 4.98 Å². The molecule has 92 valence electrons. The number of para-hydroxylation sites is 1. The zero-order chi connectivity index (χ0) is 13.0. The van der Waals surface area contributed by atoms with Gasteiger partial charge in [0.25, 0.3) is 5.91 Å². The first-order valence-electron chi connectivity index (χ1n) is 5.71. The molecule has 0 aliphatic rings. The lowest BCUT2D eigenvalue weighted by Gasteiger charge is -2.09. The van der Waals surface area contributed by atoms with Gasteiger partial charge in [0.1, 0.15) is 0 Å². The van der Waals surface area contributed by atoms with Gasteiger partial charge in [0.05, 0.1) is 17.4 Å². The number of carbonyl (C=O) groups excluding carboxylic acids is 1. The molecule has 0 spiro atoms.